The molecule has 2 aliphatic heterocycles. The van der Waals surface area contributed by atoms with Crippen LogP contribution in [0.3, 0.4) is 0 Å². The third-order valence-corrected chi connectivity index (χ3v) is 5.80. The number of rotatable bonds is 4. The molecule has 3 rings (SSSR count). The smallest absolute Gasteiger partial charge is 0.238 e. The van der Waals surface area contributed by atoms with E-state index in [0.717, 1.165) is 35.1 Å². The highest BCUT2D eigenvalue weighted by Gasteiger charge is 2.37. The molecule has 2 N–H and O–H groups in total. The van der Waals surface area contributed by atoms with Gasteiger partial charge in [0.05, 0.1) is 6.04 Å². The molecule has 1 aromatic rings. The van der Waals surface area contributed by atoms with Crippen LogP contribution in [-0.4, -0.2) is 43.3 Å². The van der Waals surface area contributed by atoms with E-state index in [-0.39, 0.29) is 17.4 Å². The van der Waals surface area contributed by atoms with Gasteiger partial charge in [-0.15, -0.1) is 11.8 Å². The van der Waals surface area contributed by atoms with Crippen LogP contribution < -0.4 is 10.6 Å². The number of thioether (sulfide) groups is 1. The molecule has 1 unspecified atom stereocenters. The normalized spacial score (nSPS) is 24.1. The molecule has 1 atom stereocenters. The fraction of sp³-hybridized carbons (Fsp3) is 0.562. The first-order valence-electron chi connectivity index (χ1n) is 7.63. The van der Waals surface area contributed by atoms with Crippen LogP contribution in [0.2, 0.25) is 5.02 Å². The van der Waals surface area contributed by atoms with Crippen LogP contribution in [0, 0.1) is 0 Å². The topological polar surface area (TPSA) is 50.4 Å². The summed E-state index contributed by atoms with van der Waals surface area (Å²) in [6.45, 7) is 2.03. The van der Waals surface area contributed by atoms with E-state index < -0.39 is 0 Å². The van der Waals surface area contributed by atoms with Crippen molar-refractivity contribution in [2.75, 3.05) is 31.4 Å². The quantitative estimate of drug-likeness (QED) is 0.882. The lowest BCUT2D eigenvalue weighted by molar-refractivity contribution is -0.122. The lowest BCUT2D eigenvalue weighted by atomic mass is 9.74. The molecule has 0 spiro atoms. The van der Waals surface area contributed by atoms with Gasteiger partial charge in [-0.1, -0.05) is 29.8 Å². The Morgan fingerprint density at radius 3 is 2.86 bits per heavy atom. The number of ether oxygens (including phenoxy) is 1. The summed E-state index contributed by atoms with van der Waals surface area (Å²) >= 11 is 8.18. The Balaban J connectivity index is 1.75. The summed E-state index contributed by atoms with van der Waals surface area (Å²) < 4.78 is 5.52. The van der Waals surface area contributed by atoms with E-state index in [1.807, 2.05) is 18.2 Å². The molecule has 6 heteroatoms. The first-order valence-corrected chi connectivity index (χ1v) is 9.16. The summed E-state index contributed by atoms with van der Waals surface area (Å²) in [5.41, 5.74) is 0.992. The summed E-state index contributed by atoms with van der Waals surface area (Å²) in [6.07, 6.45) is 1.76. The summed E-state index contributed by atoms with van der Waals surface area (Å²) in [5, 5.41) is 7.11. The second-order valence-corrected chi connectivity index (χ2v) is 7.30. The second kappa shape index (κ2) is 7.21. The first kappa shape index (κ1) is 16.1. The molecule has 1 aromatic carbocycles. The van der Waals surface area contributed by atoms with Crippen LogP contribution in [0.15, 0.2) is 24.3 Å². The number of nitrogens with one attached hydrogen (secondary N) is 2. The Morgan fingerprint density at radius 2 is 2.18 bits per heavy atom. The lowest BCUT2D eigenvalue weighted by Gasteiger charge is -2.38. The highest BCUT2D eigenvalue weighted by Crippen LogP contribution is 2.38. The van der Waals surface area contributed by atoms with Gasteiger partial charge in [0.25, 0.3) is 0 Å². The van der Waals surface area contributed by atoms with Gasteiger partial charge < -0.3 is 10.1 Å². The fourth-order valence-corrected chi connectivity index (χ4v) is 4.42. The van der Waals surface area contributed by atoms with Gasteiger partial charge in [-0.25, -0.2) is 0 Å². The largest absolute Gasteiger partial charge is 0.381 e. The van der Waals surface area contributed by atoms with Crippen LogP contribution >= 0.6 is 23.4 Å². The van der Waals surface area contributed by atoms with Gasteiger partial charge >= 0.3 is 0 Å². The summed E-state index contributed by atoms with van der Waals surface area (Å²) in [4.78, 5) is 12.3. The first-order chi connectivity index (χ1) is 10.7. The zero-order chi connectivity index (χ0) is 15.4. The second-order valence-electron chi connectivity index (χ2n) is 5.86. The zero-order valence-corrected chi connectivity index (χ0v) is 14.0. The van der Waals surface area contributed by atoms with Crippen molar-refractivity contribution >= 4 is 29.3 Å². The highest BCUT2D eigenvalue weighted by atomic mass is 35.5. The highest BCUT2D eigenvalue weighted by molar-refractivity contribution is 7.99. The molecule has 0 radical (unpaired) electrons. The minimum Gasteiger partial charge on any atom is -0.381 e. The van der Waals surface area contributed by atoms with Crippen molar-refractivity contribution in [1.82, 2.24) is 10.6 Å². The van der Waals surface area contributed by atoms with Gasteiger partial charge in [0.15, 0.2) is 0 Å². The summed E-state index contributed by atoms with van der Waals surface area (Å²) in [6, 6.07) is 7.87. The van der Waals surface area contributed by atoms with Crippen molar-refractivity contribution in [3.63, 3.8) is 0 Å². The van der Waals surface area contributed by atoms with E-state index >= 15 is 0 Å². The monoisotopic (exact) mass is 340 g/mol. The van der Waals surface area contributed by atoms with Crippen LogP contribution in [0.5, 0.6) is 0 Å². The number of amides is 1. The van der Waals surface area contributed by atoms with E-state index in [0.29, 0.717) is 19.8 Å². The van der Waals surface area contributed by atoms with Crippen LogP contribution in [0.1, 0.15) is 18.4 Å². The molecule has 2 aliphatic rings. The maximum absolute atomic E-state index is 12.3. The predicted octanol–water partition coefficient (Wildman–Crippen LogP) is 2.17. The maximum atomic E-state index is 12.3. The number of carbonyl (C=O) groups is 1. The molecular formula is C16H21ClN2O2S. The molecule has 2 heterocycles. The predicted molar refractivity (Wildman–Crippen MR) is 90.4 cm³/mol. The van der Waals surface area contributed by atoms with Crippen molar-refractivity contribution in [3.05, 3.63) is 34.9 Å². The van der Waals surface area contributed by atoms with Gasteiger partial charge in [-0.2, -0.15) is 0 Å². The number of halogens is 1. The molecular weight excluding hydrogens is 320 g/mol. The van der Waals surface area contributed by atoms with Crippen LogP contribution in [0.25, 0.3) is 0 Å². The number of carbonyl (C=O) groups excluding carboxylic acids is 1. The van der Waals surface area contributed by atoms with Gasteiger partial charge in [0, 0.05) is 41.8 Å². The summed E-state index contributed by atoms with van der Waals surface area (Å²) in [5.74, 6) is 1.78. The van der Waals surface area contributed by atoms with E-state index in [2.05, 4.69) is 16.7 Å². The van der Waals surface area contributed by atoms with Crippen LogP contribution in [-0.2, 0) is 14.9 Å². The average Bonchev–Trinajstić information content (AvgIpc) is 3.08. The fourth-order valence-electron chi connectivity index (χ4n) is 3.14. The Hall–Kier alpha value is -0.750. The molecule has 2 fully saturated rings. The number of benzene rings is 1. The van der Waals surface area contributed by atoms with Crippen molar-refractivity contribution in [2.45, 2.75) is 24.3 Å². The van der Waals surface area contributed by atoms with Gasteiger partial charge in [0.2, 0.25) is 5.91 Å². The van der Waals surface area contributed by atoms with Gasteiger partial charge in [0.1, 0.15) is 0 Å². The zero-order valence-electron chi connectivity index (χ0n) is 12.4. The Kier molecular flexibility index (Phi) is 5.29. The Labute approximate surface area is 140 Å². The molecule has 2 saturated heterocycles. The molecule has 120 valence electrons. The molecule has 22 heavy (non-hydrogen) atoms. The minimum atomic E-state index is -0.127. The van der Waals surface area contributed by atoms with Crippen molar-refractivity contribution < 1.29 is 9.53 Å². The third-order valence-electron chi connectivity index (χ3n) is 4.53. The van der Waals surface area contributed by atoms with E-state index in [1.165, 1.54) is 0 Å². The standard InChI is InChI=1S/C16H21ClN2O2S/c17-13-4-2-1-3-12(13)16(5-7-21-8-6-16)10-18-15(20)14-9-22-11-19-14/h1-4,14,19H,5-11H2,(H,18,20). The summed E-state index contributed by atoms with van der Waals surface area (Å²) in [7, 11) is 0. The average molecular weight is 341 g/mol. The van der Waals surface area contributed by atoms with Gasteiger partial charge in [-0.05, 0) is 24.5 Å². The van der Waals surface area contributed by atoms with E-state index in [9.17, 15) is 4.79 Å². The SMILES string of the molecule is O=C(NCC1(c2ccccc2Cl)CCOCC1)C1CSCN1. The Bertz CT molecular complexity index is 529. The Morgan fingerprint density at radius 1 is 1.41 bits per heavy atom. The van der Waals surface area contributed by atoms with Gasteiger partial charge in [-0.3, -0.25) is 10.1 Å². The van der Waals surface area contributed by atoms with E-state index in [4.69, 9.17) is 16.3 Å². The molecule has 0 bridgehead atoms. The minimum absolute atomic E-state index is 0.0758. The maximum Gasteiger partial charge on any atom is 0.238 e. The molecule has 4 nitrogen and oxygen atoms in total. The van der Waals surface area contributed by atoms with E-state index in [1.54, 1.807) is 11.8 Å². The van der Waals surface area contributed by atoms with Crippen molar-refractivity contribution in [2.24, 2.45) is 0 Å². The number of hydrogen-bond acceptors (Lipinski definition) is 4. The number of hydrogen-bond donors (Lipinski definition) is 2. The molecule has 0 aliphatic carbocycles. The molecule has 0 aromatic heterocycles. The van der Waals surface area contributed by atoms with Crippen molar-refractivity contribution in [3.8, 4) is 0 Å². The van der Waals surface area contributed by atoms with Crippen molar-refractivity contribution in [1.29, 1.82) is 0 Å². The van der Waals surface area contributed by atoms with Crippen LogP contribution in [0.4, 0.5) is 0 Å². The lowest BCUT2D eigenvalue weighted by Crippen LogP contribution is -2.49. The molecule has 0 saturated carbocycles. The molecule has 1 amide bonds. The third kappa shape index (κ3) is 3.43.